The Bertz CT molecular complexity index is 1700. The van der Waals surface area contributed by atoms with Crippen molar-refractivity contribution in [3.05, 3.63) is 89.9 Å². The molecule has 0 bridgehead atoms. The van der Waals surface area contributed by atoms with E-state index in [1.54, 1.807) is 37.3 Å². The fraction of sp³-hybridized carbons (Fsp3) is 0.107. The molecule has 0 radical (unpaired) electrons. The third-order valence-corrected chi connectivity index (χ3v) is 5.80. The molecule has 196 valence electrons. The van der Waals surface area contributed by atoms with Crippen LogP contribution in [0.15, 0.2) is 66.9 Å². The van der Waals surface area contributed by atoms with E-state index >= 15 is 4.39 Å². The van der Waals surface area contributed by atoms with Crippen molar-refractivity contribution in [1.82, 2.24) is 20.2 Å². The highest BCUT2D eigenvalue weighted by atomic mass is 19.1. The molecule has 3 aromatic heterocycles. The number of fused-ring (bicyclic) bond motifs is 1. The van der Waals surface area contributed by atoms with E-state index in [1.165, 1.54) is 44.7 Å². The van der Waals surface area contributed by atoms with E-state index in [2.05, 4.69) is 25.5 Å². The number of anilines is 1. The van der Waals surface area contributed by atoms with Gasteiger partial charge in [0.25, 0.3) is 11.8 Å². The van der Waals surface area contributed by atoms with Crippen molar-refractivity contribution in [2.24, 2.45) is 0 Å². The molecular formula is C28H21F2N5O4. The standard InChI is InChI=1S/C28H21F2N5O4/c1-15-19(16-4-6-17(29)7-5-16)13-22(35-34-15)27(36)32-18-8-9-23(20(30)12-18)39-24-10-11-31-21-14-25(37-2)28(38-3)33-26(21)24/h4-14H,1-3H3,(H,32,36). The van der Waals surface area contributed by atoms with Crippen LogP contribution in [0.5, 0.6) is 23.1 Å². The number of hydrogen-bond acceptors (Lipinski definition) is 8. The third-order valence-electron chi connectivity index (χ3n) is 5.80. The summed E-state index contributed by atoms with van der Waals surface area (Å²) < 4.78 is 44.6. The van der Waals surface area contributed by atoms with Crippen LogP contribution in [0.1, 0.15) is 16.2 Å². The van der Waals surface area contributed by atoms with Crippen molar-refractivity contribution in [2.75, 3.05) is 19.5 Å². The summed E-state index contributed by atoms with van der Waals surface area (Å²) in [5.74, 6) is -0.915. The van der Waals surface area contributed by atoms with Crippen molar-refractivity contribution in [1.29, 1.82) is 0 Å². The summed E-state index contributed by atoms with van der Waals surface area (Å²) in [6.45, 7) is 1.73. The van der Waals surface area contributed by atoms with E-state index in [4.69, 9.17) is 14.2 Å². The van der Waals surface area contributed by atoms with Gasteiger partial charge in [-0.1, -0.05) is 12.1 Å². The molecule has 1 amide bonds. The lowest BCUT2D eigenvalue weighted by atomic mass is 10.0. The van der Waals surface area contributed by atoms with Crippen molar-refractivity contribution >= 4 is 22.6 Å². The van der Waals surface area contributed by atoms with Gasteiger partial charge in [-0.15, -0.1) is 5.10 Å². The van der Waals surface area contributed by atoms with Crippen LogP contribution in [0.3, 0.4) is 0 Å². The number of hydrogen-bond donors (Lipinski definition) is 1. The topological polar surface area (TPSA) is 108 Å². The second kappa shape index (κ2) is 10.7. The third kappa shape index (κ3) is 5.28. The Balaban J connectivity index is 1.37. The van der Waals surface area contributed by atoms with Gasteiger partial charge in [-0.05, 0) is 42.8 Å². The Hall–Kier alpha value is -5.19. The average molecular weight is 530 g/mol. The number of aryl methyl sites for hydroxylation is 1. The minimum Gasteiger partial charge on any atom is -0.491 e. The van der Waals surface area contributed by atoms with Crippen LogP contribution in [0.2, 0.25) is 0 Å². The zero-order chi connectivity index (χ0) is 27.5. The number of benzene rings is 2. The van der Waals surface area contributed by atoms with E-state index in [1.807, 2.05) is 0 Å². The number of carbonyl (C=O) groups is 1. The van der Waals surface area contributed by atoms with E-state index in [9.17, 15) is 9.18 Å². The molecule has 2 aromatic carbocycles. The fourth-order valence-electron chi connectivity index (χ4n) is 3.85. The van der Waals surface area contributed by atoms with Gasteiger partial charge in [0.2, 0.25) is 0 Å². The van der Waals surface area contributed by atoms with Gasteiger partial charge in [0.15, 0.2) is 28.8 Å². The van der Waals surface area contributed by atoms with Gasteiger partial charge in [-0.25, -0.2) is 13.8 Å². The SMILES string of the molecule is COc1cc2nccc(Oc3ccc(NC(=O)c4cc(-c5ccc(F)cc5)c(C)nn4)cc3F)c2nc1OC. The Morgan fingerprint density at radius 1 is 0.872 bits per heavy atom. The largest absolute Gasteiger partial charge is 0.491 e. The first-order chi connectivity index (χ1) is 18.9. The number of carbonyl (C=O) groups excluding carboxylic acids is 1. The zero-order valence-corrected chi connectivity index (χ0v) is 21.0. The summed E-state index contributed by atoms with van der Waals surface area (Å²) in [5, 5.41) is 10.6. The van der Waals surface area contributed by atoms with E-state index in [0.29, 0.717) is 33.6 Å². The van der Waals surface area contributed by atoms with Gasteiger partial charge in [-0.3, -0.25) is 9.78 Å². The van der Waals surface area contributed by atoms with Crippen LogP contribution in [0.25, 0.3) is 22.2 Å². The van der Waals surface area contributed by atoms with Gasteiger partial charge < -0.3 is 19.5 Å². The van der Waals surface area contributed by atoms with Crippen LogP contribution in [0, 0.1) is 18.6 Å². The van der Waals surface area contributed by atoms with Crippen molar-refractivity contribution in [3.8, 4) is 34.3 Å². The predicted octanol–water partition coefficient (Wildman–Crippen LogP) is 5.74. The van der Waals surface area contributed by atoms with Gasteiger partial charge in [0.1, 0.15) is 11.3 Å². The molecule has 5 rings (SSSR count). The number of halogens is 2. The molecule has 0 saturated heterocycles. The average Bonchev–Trinajstić information content (AvgIpc) is 2.94. The number of nitrogens with one attached hydrogen (secondary N) is 1. The van der Waals surface area contributed by atoms with E-state index in [-0.39, 0.29) is 34.6 Å². The monoisotopic (exact) mass is 529 g/mol. The van der Waals surface area contributed by atoms with Crippen molar-refractivity contribution < 1.29 is 27.8 Å². The lowest BCUT2D eigenvalue weighted by Gasteiger charge is -2.12. The zero-order valence-electron chi connectivity index (χ0n) is 21.0. The number of amides is 1. The lowest BCUT2D eigenvalue weighted by molar-refractivity contribution is 0.102. The Labute approximate surface area is 221 Å². The van der Waals surface area contributed by atoms with E-state index < -0.39 is 11.7 Å². The molecule has 0 aliphatic rings. The van der Waals surface area contributed by atoms with Gasteiger partial charge in [0.05, 0.1) is 25.4 Å². The molecule has 0 aliphatic heterocycles. The molecule has 3 heterocycles. The first kappa shape index (κ1) is 25.5. The second-order valence-corrected chi connectivity index (χ2v) is 8.31. The molecule has 11 heteroatoms. The first-order valence-corrected chi connectivity index (χ1v) is 11.6. The first-order valence-electron chi connectivity index (χ1n) is 11.6. The fourth-order valence-corrected chi connectivity index (χ4v) is 3.85. The normalized spacial score (nSPS) is 10.8. The smallest absolute Gasteiger partial charge is 0.276 e. The van der Waals surface area contributed by atoms with Crippen LogP contribution in [0.4, 0.5) is 14.5 Å². The maximum atomic E-state index is 15.0. The molecule has 0 unspecified atom stereocenters. The molecule has 0 saturated carbocycles. The number of pyridine rings is 2. The highest BCUT2D eigenvalue weighted by molar-refractivity contribution is 6.03. The predicted molar refractivity (Wildman–Crippen MR) is 139 cm³/mol. The van der Waals surface area contributed by atoms with Gasteiger partial charge in [-0.2, -0.15) is 5.10 Å². The van der Waals surface area contributed by atoms with Crippen molar-refractivity contribution in [3.63, 3.8) is 0 Å². The van der Waals surface area contributed by atoms with Crippen molar-refractivity contribution in [2.45, 2.75) is 6.92 Å². The summed E-state index contributed by atoms with van der Waals surface area (Å²) in [7, 11) is 2.93. The number of aromatic nitrogens is 4. The van der Waals surface area contributed by atoms with Crippen LogP contribution in [-0.4, -0.2) is 40.3 Å². The quantitative estimate of drug-likeness (QED) is 0.285. The molecule has 0 atom stereocenters. The van der Waals surface area contributed by atoms with Gasteiger partial charge in [0, 0.05) is 35.6 Å². The molecule has 0 aliphatic carbocycles. The highest BCUT2D eigenvalue weighted by Crippen LogP contribution is 2.35. The van der Waals surface area contributed by atoms with Crippen LogP contribution in [-0.2, 0) is 0 Å². The summed E-state index contributed by atoms with van der Waals surface area (Å²) in [6.07, 6.45) is 1.50. The maximum absolute atomic E-state index is 15.0. The molecule has 0 fully saturated rings. The van der Waals surface area contributed by atoms with E-state index in [0.717, 1.165) is 6.07 Å². The molecule has 0 spiro atoms. The molecule has 1 N–H and O–H groups in total. The summed E-state index contributed by atoms with van der Waals surface area (Å²) in [4.78, 5) is 21.5. The number of nitrogens with zero attached hydrogens (tertiary/aromatic N) is 4. The summed E-state index contributed by atoms with van der Waals surface area (Å²) in [6, 6.07) is 14.5. The number of ether oxygens (including phenoxy) is 3. The Morgan fingerprint density at radius 3 is 2.38 bits per heavy atom. The Kier molecular flexibility index (Phi) is 6.96. The number of methoxy groups -OCH3 is 2. The molecular weight excluding hydrogens is 508 g/mol. The minimum absolute atomic E-state index is 0.0133. The van der Waals surface area contributed by atoms with Crippen LogP contribution < -0.4 is 19.5 Å². The summed E-state index contributed by atoms with van der Waals surface area (Å²) in [5.41, 5.74) is 2.88. The van der Waals surface area contributed by atoms with Gasteiger partial charge >= 0.3 is 0 Å². The van der Waals surface area contributed by atoms with Crippen LogP contribution >= 0.6 is 0 Å². The highest BCUT2D eigenvalue weighted by Gasteiger charge is 2.17. The Morgan fingerprint density at radius 2 is 1.67 bits per heavy atom. The lowest BCUT2D eigenvalue weighted by Crippen LogP contribution is -2.15. The maximum Gasteiger partial charge on any atom is 0.276 e. The molecule has 5 aromatic rings. The second-order valence-electron chi connectivity index (χ2n) is 8.31. The summed E-state index contributed by atoms with van der Waals surface area (Å²) >= 11 is 0. The molecule has 9 nitrogen and oxygen atoms in total. The molecule has 39 heavy (non-hydrogen) atoms. The number of rotatable bonds is 7. The minimum atomic E-state index is -0.722.